The second-order valence-corrected chi connectivity index (χ2v) is 8.26. The summed E-state index contributed by atoms with van der Waals surface area (Å²) in [5.41, 5.74) is 4.52. The fourth-order valence-electron chi connectivity index (χ4n) is 3.96. The number of nitrogens with one attached hydrogen (secondary N) is 1. The molecule has 0 fully saturated rings. The molecule has 9 heteroatoms. The van der Waals surface area contributed by atoms with Gasteiger partial charge in [0.15, 0.2) is 0 Å². The third-order valence-electron chi connectivity index (χ3n) is 5.71. The number of carbonyl (C=O) groups excluding carboxylic acids is 2. The first-order chi connectivity index (χ1) is 17.0. The number of aryl methyl sites for hydroxylation is 2. The van der Waals surface area contributed by atoms with Crippen LogP contribution in [0.2, 0.25) is 0 Å². The topological polar surface area (TPSA) is 102 Å². The zero-order valence-corrected chi connectivity index (χ0v) is 20.0. The van der Waals surface area contributed by atoms with E-state index in [1.54, 1.807) is 36.3 Å². The first-order valence-corrected chi connectivity index (χ1v) is 11.3. The van der Waals surface area contributed by atoms with E-state index >= 15 is 0 Å². The molecule has 2 amide bonds. The van der Waals surface area contributed by atoms with Gasteiger partial charge in [-0.25, -0.2) is 4.68 Å². The van der Waals surface area contributed by atoms with Gasteiger partial charge in [-0.3, -0.25) is 19.5 Å². The number of fused-ring (bicyclic) bond motifs is 1. The number of rotatable bonds is 9. The molecule has 1 N–H and O–H groups in total. The van der Waals surface area contributed by atoms with E-state index in [4.69, 9.17) is 4.74 Å². The summed E-state index contributed by atoms with van der Waals surface area (Å²) >= 11 is 0. The van der Waals surface area contributed by atoms with Crippen molar-refractivity contribution in [2.45, 2.75) is 26.4 Å². The average Bonchev–Trinajstić information content (AvgIpc) is 3.27. The monoisotopic (exact) mass is 472 g/mol. The second-order valence-electron chi connectivity index (χ2n) is 8.26. The molecule has 2 aromatic carbocycles. The highest BCUT2D eigenvalue weighted by molar-refractivity contribution is 6.02. The molecule has 0 saturated carbocycles. The summed E-state index contributed by atoms with van der Waals surface area (Å²) in [7, 11) is 1.57. The molecule has 0 aliphatic heterocycles. The van der Waals surface area contributed by atoms with Crippen LogP contribution in [0.25, 0.3) is 11.0 Å². The van der Waals surface area contributed by atoms with Gasteiger partial charge in [-0.2, -0.15) is 0 Å². The van der Waals surface area contributed by atoms with Crippen LogP contribution in [0.3, 0.4) is 0 Å². The zero-order valence-electron chi connectivity index (χ0n) is 20.0. The molecule has 1 atom stereocenters. The van der Waals surface area contributed by atoms with Gasteiger partial charge in [0.2, 0.25) is 11.8 Å². The van der Waals surface area contributed by atoms with Crippen molar-refractivity contribution in [3.63, 3.8) is 0 Å². The quantitative estimate of drug-likeness (QED) is 0.376. The number of ether oxygens (including phenoxy) is 1. The molecule has 180 valence electrons. The van der Waals surface area contributed by atoms with Crippen molar-refractivity contribution in [3.05, 3.63) is 83.7 Å². The van der Waals surface area contributed by atoms with Gasteiger partial charge >= 0.3 is 0 Å². The lowest BCUT2D eigenvalue weighted by molar-refractivity contribution is -0.127. The molecule has 0 aliphatic rings. The van der Waals surface area contributed by atoms with Crippen LogP contribution in [0.5, 0.6) is 0 Å². The number of pyridine rings is 1. The number of methoxy groups -OCH3 is 1. The summed E-state index contributed by atoms with van der Waals surface area (Å²) in [6, 6.07) is 15.9. The smallest absolute Gasteiger partial charge is 0.249 e. The molecule has 0 bridgehead atoms. The molecule has 2 heterocycles. The van der Waals surface area contributed by atoms with Crippen LogP contribution in [-0.2, 0) is 20.9 Å². The van der Waals surface area contributed by atoms with Crippen LogP contribution in [0.1, 0.15) is 22.7 Å². The van der Waals surface area contributed by atoms with Gasteiger partial charge in [-0.15, -0.1) is 5.10 Å². The molecule has 0 aliphatic carbocycles. The van der Waals surface area contributed by atoms with Gasteiger partial charge in [-0.1, -0.05) is 35.5 Å². The lowest BCUT2D eigenvalue weighted by atomic mass is 10.0. The molecule has 2 aromatic heterocycles. The maximum Gasteiger partial charge on any atom is 0.249 e. The summed E-state index contributed by atoms with van der Waals surface area (Å²) in [4.78, 5) is 33.3. The minimum atomic E-state index is -0.941. The van der Waals surface area contributed by atoms with E-state index in [1.165, 1.54) is 4.90 Å². The maximum absolute atomic E-state index is 14.0. The minimum Gasteiger partial charge on any atom is -0.383 e. The Morgan fingerprint density at radius 1 is 1.11 bits per heavy atom. The second kappa shape index (κ2) is 10.9. The van der Waals surface area contributed by atoms with Crippen molar-refractivity contribution in [2.24, 2.45) is 0 Å². The van der Waals surface area contributed by atoms with Gasteiger partial charge in [0.05, 0.1) is 12.1 Å². The SMILES string of the molecule is COCCNC(=O)[C@H](c1cccnc1)N(C(=O)Cn1nnc2ccccc21)c1cc(C)ccc1C. The third-order valence-corrected chi connectivity index (χ3v) is 5.71. The number of benzene rings is 2. The van der Waals surface area contributed by atoms with Gasteiger partial charge in [0.1, 0.15) is 18.1 Å². The third kappa shape index (κ3) is 5.36. The van der Waals surface area contributed by atoms with E-state index < -0.39 is 6.04 Å². The predicted molar refractivity (Wildman–Crippen MR) is 133 cm³/mol. The van der Waals surface area contributed by atoms with Gasteiger partial charge in [0, 0.05) is 37.3 Å². The van der Waals surface area contributed by atoms with Gasteiger partial charge in [-0.05, 0) is 49.2 Å². The normalized spacial score (nSPS) is 11.9. The van der Waals surface area contributed by atoms with Crippen molar-refractivity contribution in [2.75, 3.05) is 25.2 Å². The number of nitrogens with zero attached hydrogens (tertiary/aromatic N) is 5. The standard InChI is InChI=1S/C26H28N6O3/c1-18-10-11-19(2)23(15-18)32(24(33)17-31-22-9-5-4-8-21(22)29-30-31)25(20-7-6-12-27-16-20)26(34)28-13-14-35-3/h4-12,15-16,25H,13-14,17H2,1-3H3,(H,28,34)/t25-/m0/s1. The number of para-hydroxylation sites is 1. The lowest BCUT2D eigenvalue weighted by Crippen LogP contribution is -2.46. The van der Waals surface area contributed by atoms with Crippen LogP contribution in [0.15, 0.2) is 67.0 Å². The number of aromatic nitrogens is 4. The fraction of sp³-hybridized carbons (Fsp3) is 0.269. The van der Waals surface area contributed by atoms with Crippen LogP contribution >= 0.6 is 0 Å². The Kier molecular flexibility index (Phi) is 7.47. The summed E-state index contributed by atoms with van der Waals surface area (Å²) in [6.07, 6.45) is 3.24. The van der Waals surface area contributed by atoms with Crippen molar-refractivity contribution in [3.8, 4) is 0 Å². The van der Waals surface area contributed by atoms with E-state index in [-0.39, 0.29) is 18.4 Å². The first kappa shape index (κ1) is 24.0. The van der Waals surface area contributed by atoms with Crippen LogP contribution in [0, 0.1) is 13.8 Å². The van der Waals surface area contributed by atoms with E-state index in [1.807, 2.05) is 56.3 Å². The molecular formula is C26H28N6O3. The molecular weight excluding hydrogens is 444 g/mol. The average molecular weight is 473 g/mol. The predicted octanol–water partition coefficient (Wildman–Crippen LogP) is 2.98. The van der Waals surface area contributed by atoms with E-state index in [0.717, 1.165) is 16.6 Å². The molecule has 0 spiro atoms. The molecule has 0 saturated heterocycles. The molecule has 4 aromatic rings. The molecule has 0 unspecified atom stereocenters. The number of hydrogen-bond acceptors (Lipinski definition) is 6. The Bertz CT molecular complexity index is 1320. The number of hydrogen-bond donors (Lipinski definition) is 1. The van der Waals surface area contributed by atoms with Gasteiger partial charge in [0.25, 0.3) is 0 Å². The van der Waals surface area contributed by atoms with Crippen LogP contribution < -0.4 is 10.2 Å². The summed E-state index contributed by atoms with van der Waals surface area (Å²) in [6.45, 7) is 4.45. The number of carbonyl (C=O) groups is 2. The number of amides is 2. The Morgan fingerprint density at radius 2 is 1.94 bits per heavy atom. The summed E-state index contributed by atoms with van der Waals surface area (Å²) in [5.74, 6) is -0.627. The van der Waals surface area contributed by atoms with Crippen LogP contribution in [0.4, 0.5) is 5.69 Å². The van der Waals surface area contributed by atoms with E-state index in [2.05, 4.69) is 20.6 Å². The summed E-state index contributed by atoms with van der Waals surface area (Å²) < 4.78 is 6.64. The first-order valence-electron chi connectivity index (χ1n) is 11.3. The lowest BCUT2D eigenvalue weighted by Gasteiger charge is -2.32. The Morgan fingerprint density at radius 3 is 2.71 bits per heavy atom. The largest absolute Gasteiger partial charge is 0.383 e. The van der Waals surface area contributed by atoms with E-state index in [9.17, 15) is 9.59 Å². The Labute approximate surface area is 203 Å². The van der Waals surface area contributed by atoms with Crippen molar-refractivity contribution < 1.29 is 14.3 Å². The molecule has 4 rings (SSSR count). The molecule has 9 nitrogen and oxygen atoms in total. The highest BCUT2D eigenvalue weighted by Crippen LogP contribution is 2.31. The molecule has 0 radical (unpaired) electrons. The van der Waals surface area contributed by atoms with Gasteiger partial charge < -0.3 is 10.1 Å². The Balaban J connectivity index is 1.80. The zero-order chi connectivity index (χ0) is 24.8. The van der Waals surface area contributed by atoms with Crippen molar-refractivity contribution >= 4 is 28.5 Å². The highest BCUT2D eigenvalue weighted by atomic mass is 16.5. The Hall–Kier alpha value is -4.11. The fourth-order valence-corrected chi connectivity index (χ4v) is 3.96. The molecule has 35 heavy (non-hydrogen) atoms. The van der Waals surface area contributed by atoms with Crippen molar-refractivity contribution in [1.82, 2.24) is 25.3 Å². The van der Waals surface area contributed by atoms with Crippen molar-refractivity contribution in [1.29, 1.82) is 0 Å². The maximum atomic E-state index is 14.0. The summed E-state index contributed by atoms with van der Waals surface area (Å²) in [5, 5.41) is 11.2. The number of anilines is 1. The van der Waals surface area contributed by atoms with Crippen LogP contribution in [-0.4, -0.2) is 52.1 Å². The van der Waals surface area contributed by atoms with E-state index in [0.29, 0.717) is 29.9 Å². The minimum absolute atomic E-state index is 0.0873. The highest BCUT2D eigenvalue weighted by Gasteiger charge is 2.34.